The summed E-state index contributed by atoms with van der Waals surface area (Å²) in [5.74, 6) is -0.449. The molecule has 3 atom stereocenters. The van der Waals surface area contributed by atoms with Crippen LogP contribution in [0.4, 0.5) is 10.3 Å². The average Bonchev–Trinajstić information content (AvgIpc) is 2.85. The summed E-state index contributed by atoms with van der Waals surface area (Å²) in [7, 11) is 0. The molecule has 0 radical (unpaired) electrons. The van der Waals surface area contributed by atoms with E-state index in [1.807, 2.05) is 6.92 Å². The Labute approximate surface area is 181 Å². The first-order chi connectivity index (χ1) is 13.1. The number of halogens is 3. The van der Waals surface area contributed by atoms with Crippen molar-refractivity contribution in [3.8, 4) is 0 Å². The third kappa shape index (κ3) is 4.35. The number of anilines is 1. The number of hydrogen-bond acceptors (Lipinski definition) is 6. The summed E-state index contributed by atoms with van der Waals surface area (Å²) >= 11 is 8.56. The first-order valence-corrected chi connectivity index (χ1v) is 10.5. The molecule has 154 valence electrons. The Bertz CT molecular complexity index is 886. The Morgan fingerprint density at radius 3 is 2.93 bits per heavy atom. The Kier molecular flexibility index (Phi) is 6.35. The van der Waals surface area contributed by atoms with E-state index in [9.17, 15) is 9.18 Å². The van der Waals surface area contributed by atoms with Gasteiger partial charge in [0.15, 0.2) is 0 Å². The van der Waals surface area contributed by atoms with E-state index in [-0.39, 0.29) is 12.0 Å². The van der Waals surface area contributed by atoms with E-state index in [0.29, 0.717) is 41.8 Å². The highest BCUT2D eigenvalue weighted by molar-refractivity contribution is 14.1. The molecule has 1 unspecified atom stereocenters. The van der Waals surface area contributed by atoms with Crippen LogP contribution in [-0.4, -0.2) is 51.6 Å². The van der Waals surface area contributed by atoms with E-state index < -0.39 is 17.7 Å². The van der Waals surface area contributed by atoms with Gasteiger partial charge in [0.05, 0.1) is 33.1 Å². The largest absolute Gasteiger partial charge is 0.458 e. The molecular weight excluding hydrogens is 502 g/mol. The lowest BCUT2D eigenvalue weighted by atomic mass is 9.92. The third-order valence-corrected chi connectivity index (χ3v) is 6.77. The number of esters is 1. The zero-order chi connectivity index (χ0) is 20.6. The first kappa shape index (κ1) is 21.5. The van der Waals surface area contributed by atoms with Crippen LogP contribution in [0.25, 0.3) is 5.52 Å². The molecule has 1 saturated heterocycles. The molecule has 2 aromatic heterocycles. The summed E-state index contributed by atoms with van der Waals surface area (Å²) in [6.07, 6.45) is 1.83. The van der Waals surface area contributed by atoms with Gasteiger partial charge in [0.1, 0.15) is 17.3 Å². The van der Waals surface area contributed by atoms with Gasteiger partial charge in [0.25, 0.3) is 0 Å². The van der Waals surface area contributed by atoms with Gasteiger partial charge < -0.3 is 14.8 Å². The number of rotatable bonds is 5. The highest BCUT2D eigenvalue weighted by Gasteiger charge is 2.33. The van der Waals surface area contributed by atoms with Gasteiger partial charge >= 0.3 is 5.97 Å². The zero-order valence-electron chi connectivity index (χ0n) is 16.1. The van der Waals surface area contributed by atoms with Crippen LogP contribution in [0.3, 0.4) is 0 Å². The van der Waals surface area contributed by atoms with Crippen molar-refractivity contribution in [3.63, 3.8) is 0 Å². The van der Waals surface area contributed by atoms with E-state index in [1.165, 1.54) is 20.8 Å². The molecule has 0 spiro atoms. The molecule has 0 saturated carbocycles. The SMILES string of the molecule is CC(=O)O[C@@H]1COCC[C@H]1Nc1ncc2c(Cl)c(I)c(C(C)C(C)(C)F)n2n1. The number of nitrogens with one attached hydrogen (secondary N) is 1. The van der Waals surface area contributed by atoms with Crippen LogP contribution in [0.5, 0.6) is 0 Å². The van der Waals surface area contributed by atoms with Crippen LogP contribution in [-0.2, 0) is 14.3 Å². The van der Waals surface area contributed by atoms with Crippen molar-refractivity contribution in [2.45, 2.75) is 57.8 Å². The minimum atomic E-state index is -1.45. The fraction of sp³-hybridized carbons (Fsp3) is 0.611. The number of carbonyl (C=O) groups is 1. The summed E-state index contributed by atoms with van der Waals surface area (Å²) in [4.78, 5) is 15.7. The summed E-state index contributed by atoms with van der Waals surface area (Å²) in [5, 5.41) is 8.28. The van der Waals surface area contributed by atoms with Gasteiger partial charge in [-0.1, -0.05) is 18.5 Å². The summed E-state index contributed by atoms with van der Waals surface area (Å²) in [5.41, 5.74) is -0.134. The monoisotopic (exact) mass is 524 g/mol. The molecule has 1 N–H and O–H groups in total. The molecule has 1 aliphatic heterocycles. The molecule has 0 aliphatic carbocycles. The highest BCUT2D eigenvalue weighted by atomic mass is 127. The normalized spacial score (nSPS) is 21.5. The minimum Gasteiger partial charge on any atom is -0.458 e. The van der Waals surface area contributed by atoms with Gasteiger partial charge in [0, 0.05) is 19.4 Å². The van der Waals surface area contributed by atoms with Crippen molar-refractivity contribution in [3.05, 3.63) is 20.5 Å². The van der Waals surface area contributed by atoms with E-state index in [2.05, 4.69) is 38.0 Å². The molecule has 1 fully saturated rings. The second-order valence-corrected chi connectivity index (χ2v) is 8.90. The van der Waals surface area contributed by atoms with Gasteiger partial charge in [-0.2, -0.15) is 0 Å². The topological polar surface area (TPSA) is 77.8 Å². The number of nitrogens with zero attached hydrogens (tertiary/aromatic N) is 3. The second kappa shape index (κ2) is 8.27. The number of hydrogen-bond donors (Lipinski definition) is 1. The third-order valence-electron chi connectivity index (χ3n) is 4.98. The molecule has 3 heterocycles. The molecule has 0 bridgehead atoms. The molecule has 3 rings (SSSR count). The van der Waals surface area contributed by atoms with Gasteiger partial charge in [0.2, 0.25) is 5.95 Å². The van der Waals surface area contributed by atoms with Crippen molar-refractivity contribution in [1.82, 2.24) is 14.6 Å². The molecule has 1 aliphatic rings. The maximum atomic E-state index is 14.7. The second-order valence-electron chi connectivity index (χ2n) is 7.44. The van der Waals surface area contributed by atoms with Gasteiger partial charge in [-0.05, 0) is 42.9 Å². The summed E-state index contributed by atoms with van der Waals surface area (Å²) < 4.78 is 27.8. The predicted octanol–water partition coefficient (Wildman–Crippen LogP) is 3.97. The maximum Gasteiger partial charge on any atom is 0.303 e. The van der Waals surface area contributed by atoms with Crippen LogP contribution in [0, 0.1) is 3.57 Å². The van der Waals surface area contributed by atoms with Crippen LogP contribution < -0.4 is 5.32 Å². The first-order valence-electron chi connectivity index (χ1n) is 9.02. The number of aromatic nitrogens is 3. The number of ether oxygens (including phenoxy) is 2. The highest BCUT2D eigenvalue weighted by Crippen LogP contribution is 2.39. The van der Waals surface area contributed by atoms with Gasteiger partial charge in [-0.3, -0.25) is 4.79 Å². The molecule has 7 nitrogen and oxygen atoms in total. The Morgan fingerprint density at radius 1 is 1.57 bits per heavy atom. The standard InChI is InChI=1S/C18H23ClFIN4O3/c1-9(18(3,4)20)16-15(21)14(19)12-7-22-17(24-25(12)16)23-11-5-6-27-8-13(11)28-10(2)26/h7,9,11,13H,5-6,8H2,1-4H3,(H,23,24)/t9?,11-,13-/m1/s1. The molecule has 0 amide bonds. The van der Waals surface area contributed by atoms with E-state index in [0.717, 1.165) is 3.57 Å². The Morgan fingerprint density at radius 2 is 2.29 bits per heavy atom. The van der Waals surface area contributed by atoms with Crippen LogP contribution in [0.2, 0.25) is 5.02 Å². The van der Waals surface area contributed by atoms with Crippen molar-refractivity contribution < 1.29 is 18.7 Å². The summed E-state index contributed by atoms with van der Waals surface area (Å²) in [6.45, 7) is 7.10. The van der Waals surface area contributed by atoms with Gasteiger partial charge in [-0.15, -0.1) is 5.10 Å². The Balaban J connectivity index is 1.96. The fourth-order valence-electron chi connectivity index (χ4n) is 3.14. The van der Waals surface area contributed by atoms with Crippen LogP contribution >= 0.6 is 34.2 Å². The predicted molar refractivity (Wildman–Crippen MR) is 113 cm³/mol. The van der Waals surface area contributed by atoms with Crippen LogP contribution in [0.15, 0.2) is 6.20 Å². The lowest BCUT2D eigenvalue weighted by Crippen LogP contribution is -2.44. The van der Waals surface area contributed by atoms with E-state index >= 15 is 0 Å². The smallest absolute Gasteiger partial charge is 0.303 e. The quantitative estimate of drug-likeness (QED) is 0.471. The minimum absolute atomic E-state index is 0.182. The van der Waals surface area contributed by atoms with Crippen LogP contribution in [0.1, 0.15) is 45.7 Å². The van der Waals surface area contributed by atoms with E-state index in [4.69, 9.17) is 21.1 Å². The average molecular weight is 525 g/mol. The maximum absolute atomic E-state index is 14.7. The summed E-state index contributed by atoms with van der Waals surface area (Å²) in [6, 6.07) is -0.182. The number of carbonyl (C=O) groups excluding carboxylic acids is 1. The number of fused-ring (bicyclic) bond motifs is 1. The zero-order valence-corrected chi connectivity index (χ0v) is 19.0. The molecule has 2 aromatic rings. The van der Waals surface area contributed by atoms with Gasteiger partial charge in [-0.25, -0.2) is 13.9 Å². The van der Waals surface area contributed by atoms with Crippen molar-refractivity contribution in [1.29, 1.82) is 0 Å². The molecule has 10 heteroatoms. The fourth-order valence-corrected chi connectivity index (χ4v) is 4.34. The van der Waals surface area contributed by atoms with Crippen molar-refractivity contribution in [2.24, 2.45) is 0 Å². The lowest BCUT2D eigenvalue weighted by Gasteiger charge is -2.31. The van der Waals surface area contributed by atoms with Crippen molar-refractivity contribution in [2.75, 3.05) is 18.5 Å². The lowest BCUT2D eigenvalue weighted by molar-refractivity contribution is -0.153. The molecule has 0 aromatic carbocycles. The number of alkyl halides is 1. The van der Waals surface area contributed by atoms with E-state index in [1.54, 1.807) is 10.7 Å². The molecular formula is C18H23ClFIN4O3. The molecule has 28 heavy (non-hydrogen) atoms. The Hall–Kier alpha value is -1.20. The van der Waals surface area contributed by atoms with Crippen molar-refractivity contribution >= 4 is 51.6 Å².